The largest absolute Gasteiger partial charge is 0.481 e. The molecule has 1 aromatic carbocycles. The van der Waals surface area contributed by atoms with E-state index in [0.717, 1.165) is 0 Å². The number of benzene rings is 1. The van der Waals surface area contributed by atoms with E-state index in [1.165, 1.54) is 0 Å². The fourth-order valence-corrected chi connectivity index (χ4v) is 3.94. The molecular weight excluding hydrogens is 538 g/mol. The Morgan fingerprint density at radius 3 is 2.10 bits per heavy atom. The first kappa shape index (κ1) is 32.3. The third-order valence-electron chi connectivity index (χ3n) is 6.04. The summed E-state index contributed by atoms with van der Waals surface area (Å²) in [7, 11) is 0. The number of aliphatic carboxylic acids is 1. The first-order valence-electron chi connectivity index (χ1n) is 13.0. The number of urea groups is 1. The summed E-state index contributed by atoms with van der Waals surface area (Å²) < 4.78 is 0. The molecule has 0 saturated carbocycles. The van der Waals surface area contributed by atoms with Gasteiger partial charge in [-0.15, -0.1) is 0 Å². The highest BCUT2D eigenvalue weighted by molar-refractivity contribution is 5.97. The number of carbonyl (C=O) groups is 6. The highest BCUT2D eigenvalue weighted by Gasteiger charge is 2.34. The summed E-state index contributed by atoms with van der Waals surface area (Å²) in [5.41, 5.74) is 15.5. The molecule has 0 aliphatic carbocycles. The zero-order valence-electron chi connectivity index (χ0n) is 22.8. The predicted molar refractivity (Wildman–Crippen MR) is 147 cm³/mol. The monoisotopic (exact) mass is 575 g/mol. The molecule has 0 spiro atoms. The van der Waals surface area contributed by atoms with Gasteiger partial charge in [0.25, 0.3) is 5.91 Å². The maximum atomic E-state index is 13.4. The van der Waals surface area contributed by atoms with Crippen LogP contribution in [-0.4, -0.2) is 77.4 Å². The second kappa shape index (κ2) is 15.6. The average molecular weight is 576 g/mol. The van der Waals surface area contributed by atoms with E-state index in [2.05, 4.69) is 31.7 Å². The summed E-state index contributed by atoms with van der Waals surface area (Å²) in [5, 5.41) is 19.2. The quantitative estimate of drug-likeness (QED) is 0.0861. The van der Waals surface area contributed by atoms with Gasteiger partial charge in [0.1, 0.15) is 24.2 Å². The van der Waals surface area contributed by atoms with Gasteiger partial charge in [-0.25, -0.2) is 10.2 Å². The van der Waals surface area contributed by atoms with Crippen molar-refractivity contribution in [2.24, 2.45) is 22.4 Å². The van der Waals surface area contributed by atoms with E-state index in [-0.39, 0.29) is 31.8 Å². The van der Waals surface area contributed by atoms with Crippen molar-refractivity contribution < 1.29 is 33.9 Å². The first-order chi connectivity index (χ1) is 19.4. The van der Waals surface area contributed by atoms with Crippen LogP contribution in [0, 0.1) is 5.92 Å². The molecule has 0 bridgehead atoms. The van der Waals surface area contributed by atoms with E-state index >= 15 is 0 Å². The van der Waals surface area contributed by atoms with Crippen LogP contribution < -0.4 is 43.6 Å². The smallest absolute Gasteiger partial charge is 0.334 e. The van der Waals surface area contributed by atoms with Gasteiger partial charge in [0.15, 0.2) is 5.96 Å². The zero-order valence-corrected chi connectivity index (χ0v) is 22.8. The van der Waals surface area contributed by atoms with Crippen molar-refractivity contribution in [2.45, 2.75) is 63.7 Å². The van der Waals surface area contributed by atoms with Crippen molar-refractivity contribution >= 4 is 41.6 Å². The number of aliphatic imine (C=N–C) groups is 1. The highest BCUT2D eigenvalue weighted by Crippen LogP contribution is 2.09. The topological polar surface area (TPSA) is 259 Å². The summed E-state index contributed by atoms with van der Waals surface area (Å²) in [5.74, 6) is -5.15. The van der Waals surface area contributed by atoms with Crippen LogP contribution in [-0.2, 0) is 30.4 Å². The summed E-state index contributed by atoms with van der Waals surface area (Å²) in [6.07, 6.45) is -0.465. The SMILES string of the molecule is CC(C)[C@H]1NC(=O)C(Cc2ccccc2)NC(=O)C(CC(=O)O)NC(=O)NNC(=O)C(CCCN=C(N)N)NC1=O. The van der Waals surface area contributed by atoms with E-state index in [0.29, 0.717) is 5.56 Å². The second-order valence-corrected chi connectivity index (χ2v) is 9.73. The molecule has 2 rings (SSSR count). The van der Waals surface area contributed by atoms with E-state index < -0.39 is 72.1 Å². The molecule has 1 aromatic rings. The van der Waals surface area contributed by atoms with Crippen molar-refractivity contribution in [3.05, 3.63) is 35.9 Å². The van der Waals surface area contributed by atoms with Gasteiger partial charge in [0.05, 0.1) is 6.42 Å². The molecule has 0 aromatic heterocycles. The van der Waals surface area contributed by atoms with Crippen LogP contribution >= 0.6 is 0 Å². The summed E-state index contributed by atoms with van der Waals surface area (Å²) in [6, 6.07) is 2.49. The lowest BCUT2D eigenvalue weighted by Crippen LogP contribution is -2.59. The van der Waals surface area contributed by atoms with Gasteiger partial charge >= 0.3 is 12.0 Å². The van der Waals surface area contributed by atoms with Crippen molar-refractivity contribution in [1.82, 2.24) is 32.1 Å². The molecule has 41 heavy (non-hydrogen) atoms. The van der Waals surface area contributed by atoms with Crippen molar-refractivity contribution in [3.8, 4) is 0 Å². The van der Waals surface area contributed by atoms with Gasteiger partial charge in [0, 0.05) is 13.0 Å². The van der Waals surface area contributed by atoms with E-state index in [4.69, 9.17) is 11.5 Å². The van der Waals surface area contributed by atoms with Gasteiger partial charge < -0.3 is 37.8 Å². The number of nitrogens with zero attached hydrogens (tertiary/aromatic N) is 1. The Morgan fingerprint density at radius 2 is 1.49 bits per heavy atom. The Balaban J connectivity index is 2.43. The Hall–Kier alpha value is -4.89. The fraction of sp³-hybridized carbons (Fsp3) is 0.480. The average Bonchev–Trinajstić information content (AvgIpc) is 2.90. The first-order valence-corrected chi connectivity index (χ1v) is 13.0. The molecule has 1 fully saturated rings. The van der Waals surface area contributed by atoms with Gasteiger partial charge in [-0.3, -0.25) is 34.4 Å². The Bertz CT molecular complexity index is 1140. The highest BCUT2D eigenvalue weighted by atomic mass is 16.4. The van der Waals surface area contributed by atoms with Crippen LogP contribution in [0.25, 0.3) is 0 Å². The molecular formula is C25H37N9O7. The molecule has 11 N–H and O–H groups in total. The molecule has 6 amide bonds. The van der Waals surface area contributed by atoms with Crippen molar-refractivity contribution in [2.75, 3.05) is 6.54 Å². The molecule has 0 radical (unpaired) electrons. The van der Waals surface area contributed by atoms with Gasteiger partial charge in [-0.05, 0) is 24.3 Å². The van der Waals surface area contributed by atoms with Gasteiger partial charge in [-0.2, -0.15) is 0 Å². The number of guanidine groups is 1. The standard InChI is InChI=1S/C25H37N9O7/c1-13(2)19-23(40)29-15(9-6-10-28-24(26)27)22(39)33-34-25(41)31-17(12-18(35)36)20(37)30-16(21(38)32-19)11-14-7-4-3-5-8-14/h3-5,7-8,13,15-17,19H,6,9-12H2,1-2H3,(H,29,40)(H,30,37)(H,32,38)(H,33,39)(H,35,36)(H4,26,27,28)(H2,31,34,41)/t15?,16?,17?,19-/m1/s1. The summed E-state index contributed by atoms with van der Waals surface area (Å²) in [4.78, 5) is 80.4. The minimum absolute atomic E-state index is 0.00426. The van der Waals surface area contributed by atoms with Crippen LogP contribution in [0.2, 0.25) is 0 Å². The minimum Gasteiger partial charge on any atom is -0.481 e. The lowest BCUT2D eigenvalue weighted by atomic mass is 10.00. The third kappa shape index (κ3) is 11.0. The number of hydrogen-bond donors (Lipinski definition) is 9. The maximum Gasteiger partial charge on any atom is 0.334 e. The molecule has 1 saturated heterocycles. The number of hydrazine groups is 1. The zero-order chi connectivity index (χ0) is 30.5. The number of nitrogens with one attached hydrogen (secondary N) is 6. The van der Waals surface area contributed by atoms with E-state index in [1.807, 2.05) is 5.43 Å². The van der Waals surface area contributed by atoms with Crippen LogP contribution in [0.1, 0.15) is 38.7 Å². The summed E-state index contributed by atoms with van der Waals surface area (Å²) >= 11 is 0. The number of carboxylic acids is 1. The molecule has 3 unspecified atom stereocenters. The van der Waals surface area contributed by atoms with E-state index in [1.54, 1.807) is 44.2 Å². The Kier molecular flexibility index (Phi) is 12.3. The third-order valence-corrected chi connectivity index (χ3v) is 6.04. The fourth-order valence-electron chi connectivity index (χ4n) is 3.94. The van der Waals surface area contributed by atoms with Crippen LogP contribution in [0.5, 0.6) is 0 Å². The Labute approximate surface area is 236 Å². The molecule has 16 heteroatoms. The lowest BCUT2D eigenvalue weighted by molar-refractivity contribution is -0.140. The molecule has 1 heterocycles. The van der Waals surface area contributed by atoms with Crippen LogP contribution in [0.3, 0.4) is 0 Å². The van der Waals surface area contributed by atoms with Crippen molar-refractivity contribution in [1.29, 1.82) is 0 Å². The number of hydrogen-bond acceptors (Lipinski definition) is 7. The molecule has 224 valence electrons. The summed E-state index contributed by atoms with van der Waals surface area (Å²) in [6.45, 7) is 3.53. The predicted octanol–water partition coefficient (Wildman–Crippen LogP) is -2.42. The van der Waals surface area contributed by atoms with Crippen LogP contribution in [0.15, 0.2) is 35.3 Å². The molecule has 1 aliphatic rings. The van der Waals surface area contributed by atoms with Crippen LogP contribution in [0.4, 0.5) is 4.79 Å². The molecule has 1 aliphatic heterocycles. The molecule has 16 nitrogen and oxygen atoms in total. The number of carbonyl (C=O) groups excluding carboxylic acids is 5. The van der Waals surface area contributed by atoms with Crippen molar-refractivity contribution in [3.63, 3.8) is 0 Å². The number of nitrogens with two attached hydrogens (primary N) is 2. The molecule has 4 atom stereocenters. The number of amides is 6. The Morgan fingerprint density at radius 1 is 0.854 bits per heavy atom. The lowest BCUT2D eigenvalue weighted by Gasteiger charge is -2.27. The minimum atomic E-state index is -1.60. The van der Waals surface area contributed by atoms with Gasteiger partial charge in [0.2, 0.25) is 17.7 Å². The number of carboxylic acid groups (broad SMARTS) is 1. The second-order valence-electron chi connectivity index (χ2n) is 9.73. The number of rotatable bonds is 9. The maximum absolute atomic E-state index is 13.4. The normalized spacial score (nSPS) is 22.5. The van der Waals surface area contributed by atoms with E-state index in [9.17, 15) is 33.9 Å². The van der Waals surface area contributed by atoms with Gasteiger partial charge in [-0.1, -0.05) is 44.2 Å².